The molecular weight excluding hydrogens is 388 g/mol. The van der Waals surface area contributed by atoms with Crippen LogP contribution in [0, 0.1) is 11.3 Å². The smallest absolute Gasteiger partial charge is 0.341 e. The average molecular weight is 410 g/mol. The first kappa shape index (κ1) is 20.2. The second kappa shape index (κ2) is 8.72. The van der Waals surface area contributed by atoms with Crippen molar-refractivity contribution < 1.29 is 9.53 Å². The van der Waals surface area contributed by atoms with Crippen LogP contribution in [0.3, 0.4) is 0 Å². The Balaban J connectivity index is 1.49. The molecule has 0 atom stereocenters. The average Bonchev–Trinajstić information content (AvgIpc) is 3.42. The van der Waals surface area contributed by atoms with Gasteiger partial charge in [-0.25, -0.2) is 9.48 Å². The highest BCUT2D eigenvalue weighted by molar-refractivity contribution is 5.90. The largest absolute Gasteiger partial charge is 0.458 e. The Bertz CT molecular complexity index is 1290. The first-order valence-corrected chi connectivity index (χ1v) is 10.1. The molecule has 2 aromatic heterocycles. The van der Waals surface area contributed by atoms with Crippen molar-refractivity contribution in [3.63, 3.8) is 0 Å². The highest BCUT2D eigenvalue weighted by atomic mass is 16.5. The van der Waals surface area contributed by atoms with Gasteiger partial charge in [-0.2, -0.15) is 10.4 Å². The minimum Gasteiger partial charge on any atom is -0.458 e. The summed E-state index contributed by atoms with van der Waals surface area (Å²) >= 11 is 0. The monoisotopic (exact) mass is 410 g/mol. The van der Waals surface area contributed by atoms with Crippen molar-refractivity contribution in [2.75, 3.05) is 6.61 Å². The van der Waals surface area contributed by atoms with E-state index in [1.165, 1.54) is 6.20 Å². The van der Waals surface area contributed by atoms with Crippen molar-refractivity contribution in [3.8, 4) is 11.8 Å². The van der Waals surface area contributed by atoms with Gasteiger partial charge in [0.25, 0.3) is 0 Å². The van der Waals surface area contributed by atoms with Gasteiger partial charge in [0.2, 0.25) is 0 Å². The van der Waals surface area contributed by atoms with Gasteiger partial charge in [0.05, 0.1) is 23.0 Å². The van der Waals surface area contributed by atoms with Crippen LogP contribution < -0.4 is 0 Å². The molecule has 0 N–H and O–H groups in total. The number of carbonyl (C=O) groups is 1. The molecule has 0 amide bonds. The van der Waals surface area contributed by atoms with E-state index < -0.39 is 5.97 Å². The van der Waals surface area contributed by atoms with Crippen LogP contribution in [0.1, 0.15) is 41.4 Å². The molecule has 6 nitrogen and oxygen atoms in total. The first-order chi connectivity index (χ1) is 15.1. The van der Waals surface area contributed by atoms with Crippen LogP contribution in [-0.4, -0.2) is 26.9 Å². The summed E-state index contributed by atoms with van der Waals surface area (Å²) in [6.07, 6.45) is 8.69. The molecular formula is C25H22N4O2. The lowest BCUT2D eigenvalue weighted by Gasteiger charge is -2.09. The third-order valence-electron chi connectivity index (χ3n) is 5.00. The zero-order valence-corrected chi connectivity index (χ0v) is 17.4. The van der Waals surface area contributed by atoms with Crippen LogP contribution >= 0.6 is 0 Å². The summed E-state index contributed by atoms with van der Waals surface area (Å²) in [6, 6.07) is 18.1. The van der Waals surface area contributed by atoms with Gasteiger partial charge < -0.3 is 9.30 Å². The quantitative estimate of drug-likeness (QED) is 0.412. The Morgan fingerprint density at radius 1 is 1.19 bits per heavy atom. The van der Waals surface area contributed by atoms with Gasteiger partial charge in [-0.15, -0.1) is 0 Å². The Kier molecular flexibility index (Phi) is 5.67. The highest BCUT2D eigenvalue weighted by Gasteiger charge is 2.14. The maximum atomic E-state index is 12.3. The summed E-state index contributed by atoms with van der Waals surface area (Å²) in [5.74, 6) is -0.436. The summed E-state index contributed by atoms with van der Waals surface area (Å²) in [6.45, 7) is 4.34. The predicted octanol–water partition coefficient (Wildman–Crippen LogP) is 5.15. The maximum Gasteiger partial charge on any atom is 0.341 e. The standard InChI is InChI=1S/C25H22N4O2/c1-18(2)28-16-20(14-26)23-13-22(10-11-24(23)28)29-17-21(15-27-29)25(30)31-12-6-9-19-7-4-3-5-8-19/h3-11,13,15-18H,12H2,1-2H3. The lowest BCUT2D eigenvalue weighted by atomic mass is 10.1. The van der Waals surface area contributed by atoms with E-state index in [-0.39, 0.29) is 12.6 Å². The van der Waals surface area contributed by atoms with Gasteiger partial charge in [0.1, 0.15) is 12.7 Å². The number of hydrogen-bond acceptors (Lipinski definition) is 4. The highest BCUT2D eigenvalue weighted by Crippen LogP contribution is 2.26. The van der Waals surface area contributed by atoms with E-state index in [4.69, 9.17) is 4.74 Å². The summed E-state index contributed by atoms with van der Waals surface area (Å²) < 4.78 is 9.00. The molecule has 0 saturated carbocycles. The van der Waals surface area contributed by atoms with Crippen molar-refractivity contribution in [1.29, 1.82) is 5.26 Å². The van der Waals surface area contributed by atoms with Crippen molar-refractivity contribution in [1.82, 2.24) is 14.3 Å². The second-order valence-corrected chi connectivity index (χ2v) is 7.44. The molecule has 31 heavy (non-hydrogen) atoms. The topological polar surface area (TPSA) is 72.8 Å². The molecule has 0 aliphatic heterocycles. The number of nitrogens with zero attached hydrogens (tertiary/aromatic N) is 4. The normalized spacial score (nSPS) is 11.3. The number of fused-ring (bicyclic) bond motifs is 1. The van der Waals surface area contributed by atoms with Crippen molar-refractivity contribution in [2.24, 2.45) is 0 Å². The number of aromatic nitrogens is 3. The minimum absolute atomic E-state index is 0.180. The predicted molar refractivity (Wildman–Crippen MR) is 120 cm³/mol. The van der Waals surface area contributed by atoms with Gasteiger partial charge in [-0.1, -0.05) is 36.4 Å². The van der Waals surface area contributed by atoms with E-state index in [9.17, 15) is 10.1 Å². The lowest BCUT2D eigenvalue weighted by Crippen LogP contribution is -2.04. The van der Waals surface area contributed by atoms with Crippen LogP contribution in [0.15, 0.2) is 73.2 Å². The lowest BCUT2D eigenvalue weighted by molar-refractivity contribution is 0.0550. The van der Waals surface area contributed by atoms with E-state index in [0.29, 0.717) is 11.1 Å². The molecule has 0 unspecified atom stereocenters. The molecule has 0 aliphatic carbocycles. The molecule has 6 heteroatoms. The van der Waals surface area contributed by atoms with Crippen molar-refractivity contribution in [2.45, 2.75) is 19.9 Å². The number of hydrogen-bond donors (Lipinski definition) is 0. The Labute approximate surface area is 180 Å². The SMILES string of the molecule is CC(C)n1cc(C#N)c2cc(-n3cc(C(=O)OCC=Cc4ccccc4)cn3)ccc21. The van der Waals surface area contributed by atoms with Crippen molar-refractivity contribution >= 4 is 22.9 Å². The van der Waals surface area contributed by atoms with Gasteiger partial charge in [-0.05, 0) is 43.7 Å². The molecule has 0 spiro atoms. The molecule has 2 aromatic carbocycles. The second-order valence-electron chi connectivity index (χ2n) is 7.44. The van der Waals surface area contributed by atoms with E-state index in [1.807, 2.05) is 60.8 Å². The van der Waals surface area contributed by atoms with E-state index in [2.05, 4.69) is 29.6 Å². The molecule has 154 valence electrons. The molecule has 2 heterocycles. The number of carbonyl (C=O) groups excluding carboxylic acids is 1. The zero-order chi connectivity index (χ0) is 21.8. The van der Waals surface area contributed by atoms with Gasteiger partial charge in [-0.3, -0.25) is 0 Å². The molecule has 0 radical (unpaired) electrons. The van der Waals surface area contributed by atoms with Crippen LogP contribution in [0.25, 0.3) is 22.7 Å². The first-order valence-electron chi connectivity index (χ1n) is 10.1. The summed E-state index contributed by atoms with van der Waals surface area (Å²) in [5, 5.41) is 14.6. The Hall–Kier alpha value is -4.11. The van der Waals surface area contributed by atoms with Gasteiger partial charge >= 0.3 is 5.97 Å². The number of benzene rings is 2. The third-order valence-corrected chi connectivity index (χ3v) is 5.00. The van der Waals surface area contributed by atoms with Gasteiger partial charge in [0, 0.05) is 29.3 Å². The van der Waals surface area contributed by atoms with Crippen LogP contribution in [0.4, 0.5) is 0 Å². The molecule has 0 saturated heterocycles. The Morgan fingerprint density at radius 2 is 2.00 bits per heavy atom. The Morgan fingerprint density at radius 3 is 2.74 bits per heavy atom. The summed E-state index contributed by atoms with van der Waals surface area (Å²) in [5.41, 5.74) is 3.79. The third kappa shape index (κ3) is 4.26. The van der Waals surface area contributed by atoms with E-state index >= 15 is 0 Å². The molecule has 4 aromatic rings. The van der Waals surface area contributed by atoms with Crippen LogP contribution in [-0.2, 0) is 4.74 Å². The number of esters is 1. The van der Waals surface area contributed by atoms with Crippen LogP contribution in [0.5, 0.6) is 0 Å². The zero-order valence-electron chi connectivity index (χ0n) is 17.4. The van der Waals surface area contributed by atoms with Crippen LogP contribution in [0.2, 0.25) is 0 Å². The van der Waals surface area contributed by atoms with Gasteiger partial charge in [0.15, 0.2) is 0 Å². The van der Waals surface area contributed by atoms with E-state index in [1.54, 1.807) is 17.0 Å². The molecule has 0 aliphatic rings. The molecule has 4 rings (SSSR count). The number of nitriles is 1. The minimum atomic E-state index is -0.436. The molecule has 0 fully saturated rings. The molecule has 0 bridgehead atoms. The maximum absolute atomic E-state index is 12.3. The van der Waals surface area contributed by atoms with Crippen molar-refractivity contribution in [3.05, 3.63) is 89.9 Å². The van der Waals surface area contributed by atoms with E-state index in [0.717, 1.165) is 22.2 Å². The summed E-state index contributed by atoms with van der Waals surface area (Å²) in [4.78, 5) is 12.3. The fourth-order valence-corrected chi connectivity index (χ4v) is 3.43. The summed E-state index contributed by atoms with van der Waals surface area (Å²) in [7, 11) is 0. The fourth-order valence-electron chi connectivity index (χ4n) is 3.43. The fraction of sp³-hybridized carbons (Fsp3) is 0.160. The number of rotatable bonds is 6. The number of ether oxygens (including phenoxy) is 1.